The van der Waals surface area contributed by atoms with Crippen LogP contribution in [-0.2, 0) is 6.54 Å². The van der Waals surface area contributed by atoms with Crippen LogP contribution in [-0.4, -0.2) is 9.55 Å². The van der Waals surface area contributed by atoms with Crippen molar-refractivity contribution in [2.45, 2.75) is 13.5 Å². The lowest BCUT2D eigenvalue weighted by atomic mass is 10.3. The molecule has 0 aliphatic carbocycles. The van der Waals surface area contributed by atoms with E-state index in [0.29, 0.717) is 0 Å². The van der Waals surface area contributed by atoms with Crippen LogP contribution in [0.25, 0.3) is 10.9 Å². The number of hydrogen-bond acceptors (Lipinski definition) is 1. The molecule has 2 nitrogen and oxygen atoms in total. The molecule has 0 atom stereocenters. The third kappa shape index (κ3) is 0.909. The first kappa shape index (κ1) is 6.40. The van der Waals surface area contributed by atoms with Crippen molar-refractivity contribution in [3.05, 3.63) is 30.7 Å². The van der Waals surface area contributed by atoms with Crippen molar-refractivity contribution >= 4 is 10.9 Å². The summed E-state index contributed by atoms with van der Waals surface area (Å²) in [4.78, 5) is 4.05. The summed E-state index contributed by atoms with van der Waals surface area (Å²) in [6, 6.07) is 4.13. The minimum absolute atomic E-state index is 1.02. The van der Waals surface area contributed by atoms with Crippen LogP contribution in [0.4, 0.5) is 0 Å². The predicted molar refractivity (Wildman–Crippen MR) is 45.4 cm³/mol. The first-order chi connectivity index (χ1) is 5.42. The molecule has 2 rings (SSSR count). The monoisotopic (exact) mass is 146 g/mol. The van der Waals surface area contributed by atoms with Gasteiger partial charge in [-0.2, -0.15) is 0 Å². The summed E-state index contributed by atoms with van der Waals surface area (Å²) >= 11 is 0. The summed E-state index contributed by atoms with van der Waals surface area (Å²) in [5.74, 6) is 0. The first-order valence-electron chi connectivity index (χ1n) is 3.80. The van der Waals surface area contributed by atoms with Crippen molar-refractivity contribution in [2.75, 3.05) is 0 Å². The Hall–Kier alpha value is -1.31. The van der Waals surface area contributed by atoms with Crippen LogP contribution in [0.5, 0.6) is 0 Å². The van der Waals surface area contributed by atoms with Gasteiger partial charge in [-0.3, -0.25) is 4.98 Å². The van der Waals surface area contributed by atoms with Crippen molar-refractivity contribution < 1.29 is 0 Å². The third-order valence-electron chi connectivity index (χ3n) is 1.91. The second-order valence-electron chi connectivity index (χ2n) is 2.54. The number of nitrogens with zero attached hydrogens (tertiary/aromatic N) is 2. The van der Waals surface area contributed by atoms with Crippen LogP contribution < -0.4 is 0 Å². The van der Waals surface area contributed by atoms with E-state index in [1.807, 2.05) is 18.5 Å². The van der Waals surface area contributed by atoms with Crippen LogP contribution in [0.2, 0.25) is 0 Å². The van der Waals surface area contributed by atoms with Gasteiger partial charge in [0.05, 0.1) is 5.52 Å². The van der Waals surface area contributed by atoms with Crippen molar-refractivity contribution in [1.29, 1.82) is 0 Å². The number of aryl methyl sites for hydroxylation is 1. The second kappa shape index (κ2) is 2.38. The zero-order chi connectivity index (χ0) is 7.68. The zero-order valence-electron chi connectivity index (χ0n) is 6.49. The van der Waals surface area contributed by atoms with E-state index in [2.05, 4.69) is 28.7 Å². The molecule has 0 bridgehead atoms. The quantitative estimate of drug-likeness (QED) is 0.602. The Morgan fingerprint density at radius 1 is 1.45 bits per heavy atom. The van der Waals surface area contributed by atoms with Gasteiger partial charge in [-0.15, -0.1) is 0 Å². The molecule has 56 valence electrons. The van der Waals surface area contributed by atoms with E-state index in [0.717, 1.165) is 6.54 Å². The van der Waals surface area contributed by atoms with Gasteiger partial charge in [0.25, 0.3) is 0 Å². The molecular formula is C9H10N2. The number of rotatable bonds is 1. The average molecular weight is 146 g/mol. The van der Waals surface area contributed by atoms with Crippen molar-refractivity contribution in [3.63, 3.8) is 0 Å². The fourth-order valence-electron chi connectivity index (χ4n) is 1.32. The lowest BCUT2D eigenvalue weighted by Crippen LogP contribution is -1.89. The fraction of sp³-hybridized carbons (Fsp3) is 0.222. The summed E-state index contributed by atoms with van der Waals surface area (Å²) in [6.45, 7) is 3.16. The minimum Gasteiger partial charge on any atom is -0.348 e. The molecule has 0 spiro atoms. The highest BCUT2D eigenvalue weighted by molar-refractivity contribution is 5.78. The normalized spacial score (nSPS) is 10.6. The van der Waals surface area contributed by atoms with Gasteiger partial charge >= 0.3 is 0 Å². The van der Waals surface area contributed by atoms with Gasteiger partial charge in [0.2, 0.25) is 0 Å². The molecule has 11 heavy (non-hydrogen) atoms. The zero-order valence-corrected chi connectivity index (χ0v) is 6.49. The Bertz CT molecular complexity index is 362. The first-order valence-corrected chi connectivity index (χ1v) is 3.80. The van der Waals surface area contributed by atoms with Crippen LogP contribution in [0.15, 0.2) is 30.7 Å². The summed E-state index contributed by atoms with van der Waals surface area (Å²) in [6.07, 6.45) is 5.81. The molecule has 0 aromatic carbocycles. The van der Waals surface area contributed by atoms with Gasteiger partial charge in [0.15, 0.2) is 0 Å². The maximum absolute atomic E-state index is 4.05. The van der Waals surface area contributed by atoms with E-state index in [1.165, 1.54) is 10.9 Å². The molecule has 0 aliphatic heterocycles. The average Bonchev–Trinajstić information content (AvgIpc) is 2.47. The molecule has 0 saturated carbocycles. The van der Waals surface area contributed by atoms with Crippen molar-refractivity contribution in [3.8, 4) is 0 Å². The Kier molecular flexibility index (Phi) is 1.39. The van der Waals surface area contributed by atoms with E-state index < -0.39 is 0 Å². The lowest BCUT2D eigenvalue weighted by molar-refractivity contribution is 0.797. The Balaban J connectivity index is 2.76. The van der Waals surface area contributed by atoms with E-state index in [1.54, 1.807) is 0 Å². The molecule has 0 N–H and O–H groups in total. The Morgan fingerprint density at radius 3 is 3.18 bits per heavy atom. The molecule has 0 amide bonds. The van der Waals surface area contributed by atoms with Gasteiger partial charge in [-0.1, -0.05) is 0 Å². The molecule has 2 heterocycles. The topological polar surface area (TPSA) is 17.8 Å². The van der Waals surface area contributed by atoms with Gasteiger partial charge in [0.1, 0.15) is 0 Å². The van der Waals surface area contributed by atoms with Gasteiger partial charge in [0, 0.05) is 30.5 Å². The molecule has 2 aromatic heterocycles. The Labute approximate surface area is 65.5 Å². The van der Waals surface area contributed by atoms with Gasteiger partial charge < -0.3 is 4.57 Å². The largest absolute Gasteiger partial charge is 0.348 e. The van der Waals surface area contributed by atoms with Crippen molar-refractivity contribution in [2.24, 2.45) is 0 Å². The Morgan fingerprint density at radius 2 is 2.36 bits per heavy atom. The molecule has 0 saturated heterocycles. The second-order valence-corrected chi connectivity index (χ2v) is 2.54. The highest BCUT2D eigenvalue weighted by Gasteiger charge is 1.95. The lowest BCUT2D eigenvalue weighted by Gasteiger charge is -1.97. The van der Waals surface area contributed by atoms with Gasteiger partial charge in [-0.05, 0) is 19.1 Å². The SMILES string of the molecule is CCn1ccc2cnccc21. The standard InChI is InChI=1S/C9H10N2/c1-2-11-6-4-8-7-10-5-3-9(8)11/h3-7H,2H2,1H3. The number of pyridine rings is 1. The van der Waals surface area contributed by atoms with Crippen LogP contribution in [0.3, 0.4) is 0 Å². The molecule has 0 fully saturated rings. The maximum Gasteiger partial charge on any atom is 0.0511 e. The summed E-state index contributed by atoms with van der Waals surface area (Å²) < 4.78 is 2.21. The van der Waals surface area contributed by atoms with E-state index in [4.69, 9.17) is 0 Å². The number of aromatic nitrogens is 2. The van der Waals surface area contributed by atoms with E-state index >= 15 is 0 Å². The molecule has 2 aromatic rings. The highest BCUT2D eigenvalue weighted by atomic mass is 14.9. The summed E-state index contributed by atoms with van der Waals surface area (Å²) in [5.41, 5.74) is 1.27. The number of fused-ring (bicyclic) bond motifs is 1. The van der Waals surface area contributed by atoms with Crippen LogP contribution in [0.1, 0.15) is 6.92 Å². The van der Waals surface area contributed by atoms with Crippen LogP contribution >= 0.6 is 0 Å². The summed E-state index contributed by atoms with van der Waals surface area (Å²) in [5, 5.41) is 1.22. The fourth-order valence-corrected chi connectivity index (χ4v) is 1.32. The summed E-state index contributed by atoms with van der Waals surface area (Å²) in [7, 11) is 0. The number of hydrogen-bond donors (Lipinski definition) is 0. The van der Waals surface area contributed by atoms with E-state index in [-0.39, 0.29) is 0 Å². The van der Waals surface area contributed by atoms with Crippen LogP contribution in [0, 0.1) is 0 Å². The molecular weight excluding hydrogens is 136 g/mol. The molecule has 0 radical (unpaired) electrons. The van der Waals surface area contributed by atoms with Crippen molar-refractivity contribution in [1.82, 2.24) is 9.55 Å². The smallest absolute Gasteiger partial charge is 0.0511 e. The minimum atomic E-state index is 1.02. The highest BCUT2D eigenvalue weighted by Crippen LogP contribution is 2.12. The van der Waals surface area contributed by atoms with Gasteiger partial charge in [-0.25, -0.2) is 0 Å². The molecule has 0 aliphatic rings. The maximum atomic E-state index is 4.05. The predicted octanol–water partition coefficient (Wildman–Crippen LogP) is 2.06. The van der Waals surface area contributed by atoms with E-state index in [9.17, 15) is 0 Å². The molecule has 2 heteroatoms. The third-order valence-corrected chi connectivity index (χ3v) is 1.91. The molecule has 0 unspecified atom stereocenters.